The van der Waals surface area contributed by atoms with Crippen LogP contribution in [-0.4, -0.2) is 12.6 Å². The first-order chi connectivity index (χ1) is 12.1. The van der Waals surface area contributed by atoms with E-state index >= 15 is 0 Å². The number of allylic oxidation sites excluding steroid dienone is 4. The van der Waals surface area contributed by atoms with Crippen LogP contribution in [0.2, 0.25) is 0 Å². The van der Waals surface area contributed by atoms with E-state index in [1.165, 1.54) is 16.3 Å². The summed E-state index contributed by atoms with van der Waals surface area (Å²) in [6.45, 7) is 5.07. The van der Waals surface area contributed by atoms with Crippen molar-refractivity contribution in [2.24, 2.45) is 11.5 Å². The Hall–Kier alpha value is -2.36. The molecule has 3 nitrogen and oxygen atoms in total. The van der Waals surface area contributed by atoms with Crippen LogP contribution in [0.15, 0.2) is 78.1 Å². The smallest absolute Gasteiger partial charge is 0.119 e. The highest BCUT2D eigenvalue weighted by Gasteiger charge is 2.01. The quantitative estimate of drug-likeness (QED) is 0.553. The van der Waals surface area contributed by atoms with Crippen molar-refractivity contribution in [2.75, 3.05) is 6.54 Å². The fraction of sp³-hybridized carbons (Fsp3) is 0.273. The van der Waals surface area contributed by atoms with Crippen molar-refractivity contribution < 1.29 is 4.74 Å². The number of fused-ring (bicyclic) bond motifs is 1. The fourth-order valence-electron chi connectivity index (χ4n) is 2.60. The van der Waals surface area contributed by atoms with Crippen LogP contribution in [0.25, 0.3) is 10.8 Å². The van der Waals surface area contributed by atoms with Crippen LogP contribution in [0.5, 0.6) is 0 Å². The largest absolute Gasteiger partial charge is 0.489 e. The van der Waals surface area contributed by atoms with Gasteiger partial charge in [-0.3, -0.25) is 0 Å². The molecule has 0 spiro atoms. The van der Waals surface area contributed by atoms with Crippen LogP contribution in [0.4, 0.5) is 0 Å². The van der Waals surface area contributed by atoms with Crippen molar-refractivity contribution in [1.29, 1.82) is 0 Å². The number of ether oxygens (including phenoxy) is 1. The Morgan fingerprint density at radius 2 is 1.88 bits per heavy atom. The van der Waals surface area contributed by atoms with Gasteiger partial charge in [0.25, 0.3) is 0 Å². The maximum Gasteiger partial charge on any atom is 0.119 e. The lowest BCUT2D eigenvalue weighted by molar-refractivity contribution is 0.211. The van der Waals surface area contributed by atoms with Gasteiger partial charge in [-0.2, -0.15) is 0 Å². The zero-order valence-corrected chi connectivity index (χ0v) is 15.1. The highest BCUT2D eigenvalue weighted by atomic mass is 16.5. The molecule has 2 aromatic rings. The van der Waals surface area contributed by atoms with Crippen molar-refractivity contribution in [3.05, 3.63) is 83.7 Å². The van der Waals surface area contributed by atoms with Crippen LogP contribution in [0, 0.1) is 0 Å². The number of benzene rings is 2. The molecule has 0 radical (unpaired) electrons. The minimum Gasteiger partial charge on any atom is -0.489 e. The summed E-state index contributed by atoms with van der Waals surface area (Å²) in [4.78, 5) is 0. The van der Waals surface area contributed by atoms with E-state index in [9.17, 15) is 0 Å². The third-order valence-corrected chi connectivity index (χ3v) is 3.97. The van der Waals surface area contributed by atoms with Crippen LogP contribution in [0.1, 0.15) is 25.8 Å². The lowest BCUT2D eigenvalue weighted by atomic mass is 10.1. The Morgan fingerprint density at radius 1 is 1.12 bits per heavy atom. The molecule has 4 N–H and O–H groups in total. The van der Waals surface area contributed by atoms with E-state index in [1.54, 1.807) is 0 Å². The molecule has 132 valence electrons. The first-order valence-corrected chi connectivity index (χ1v) is 8.68. The van der Waals surface area contributed by atoms with E-state index < -0.39 is 0 Å². The number of hydrogen-bond acceptors (Lipinski definition) is 3. The first-order valence-electron chi connectivity index (χ1n) is 8.68. The van der Waals surface area contributed by atoms with Crippen molar-refractivity contribution in [3.8, 4) is 0 Å². The van der Waals surface area contributed by atoms with Gasteiger partial charge in [0.15, 0.2) is 0 Å². The average Bonchev–Trinajstić information content (AvgIpc) is 2.63. The lowest BCUT2D eigenvalue weighted by Crippen LogP contribution is -2.29. The van der Waals surface area contributed by atoms with Crippen molar-refractivity contribution >= 4 is 10.8 Å². The number of rotatable bonds is 8. The van der Waals surface area contributed by atoms with Crippen LogP contribution in [-0.2, 0) is 11.3 Å². The maximum atomic E-state index is 5.97. The second-order valence-electron chi connectivity index (χ2n) is 6.25. The molecule has 0 aromatic heterocycles. The third-order valence-electron chi connectivity index (χ3n) is 3.97. The second-order valence-corrected chi connectivity index (χ2v) is 6.25. The summed E-state index contributed by atoms with van der Waals surface area (Å²) in [6.07, 6.45) is 8.76. The zero-order valence-electron chi connectivity index (χ0n) is 15.1. The zero-order chi connectivity index (χ0) is 18.1. The molecule has 1 unspecified atom stereocenters. The molecule has 3 heteroatoms. The third kappa shape index (κ3) is 6.22. The average molecular weight is 336 g/mol. The van der Waals surface area contributed by atoms with Gasteiger partial charge in [-0.25, -0.2) is 0 Å². The van der Waals surface area contributed by atoms with Gasteiger partial charge in [-0.05, 0) is 54.8 Å². The lowest BCUT2D eigenvalue weighted by Gasteiger charge is -2.09. The summed E-state index contributed by atoms with van der Waals surface area (Å²) in [5.41, 5.74) is 13.8. The summed E-state index contributed by atoms with van der Waals surface area (Å²) in [5, 5.41) is 2.47. The molecule has 2 rings (SSSR count). The molecule has 0 amide bonds. The van der Waals surface area contributed by atoms with Gasteiger partial charge in [0.1, 0.15) is 12.4 Å². The SMILES string of the molecule is C\C=C/C(=C\C=C(/C)CC(N)CN)OCc1ccc2ccccc2c1. The Balaban J connectivity index is 2.05. The standard InChI is InChI=1S/C22H28N2O/c1-3-6-22(12-9-17(2)13-21(24)15-23)25-16-18-10-11-19-7-4-5-8-20(19)14-18/h3-12,14,21H,13,15-16,23-24H2,1-2H3/b6-3-,17-9+,22-12+. The minimum absolute atomic E-state index is 0.00772. The van der Waals surface area contributed by atoms with Gasteiger partial charge < -0.3 is 16.2 Å². The molecule has 0 aliphatic carbocycles. The van der Waals surface area contributed by atoms with E-state index in [0.717, 1.165) is 17.7 Å². The molecule has 0 bridgehead atoms. The summed E-state index contributed by atoms with van der Waals surface area (Å²) in [5.74, 6) is 0.830. The number of hydrogen-bond donors (Lipinski definition) is 2. The maximum absolute atomic E-state index is 5.97. The second kappa shape index (κ2) is 9.82. The molecular weight excluding hydrogens is 308 g/mol. The van der Waals surface area contributed by atoms with Crippen LogP contribution < -0.4 is 11.5 Å². The topological polar surface area (TPSA) is 61.3 Å². The van der Waals surface area contributed by atoms with Gasteiger partial charge >= 0.3 is 0 Å². The van der Waals surface area contributed by atoms with Gasteiger partial charge in [-0.15, -0.1) is 0 Å². The highest BCUT2D eigenvalue weighted by Crippen LogP contribution is 2.17. The van der Waals surface area contributed by atoms with E-state index in [-0.39, 0.29) is 6.04 Å². The Kier molecular flexibility index (Phi) is 7.45. The van der Waals surface area contributed by atoms with Crippen molar-refractivity contribution in [2.45, 2.75) is 32.9 Å². The Bertz CT molecular complexity index is 774. The van der Waals surface area contributed by atoms with Crippen LogP contribution in [0.3, 0.4) is 0 Å². The van der Waals surface area contributed by atoms with Gasteiger partial charge in [0, 0.05) is 12.6 Å². The molecule has 0 aliphatic rings. The molecule has 0 heterocycles. The van der Waals surface area contributed by atoms with Gasteiger partial charge in [-0.1, -0.05) is 54.1 Å². The Labute approximate surface area is 150 Å². The normalized spacial score (nSPS) is 14.2. The molecule has 25 heavy (non-hydrogen) atoms. The summed E-state index contributed by atoms with van der Waals surface area (Å²) >= 11 is 0. The first kappa shape index (κ1) is 19.0. The number of nitrogens with two attached hydrogens (primary N) is 2. The van der Waals surface area contributed by atoms with Crippen molar-refractivity contribution in [3.63, 3.8) is 0 Å². The van der Waals surface area contributed by atoms with E-state index in [0.29, 0.717) is 13.2 Å². The predicted molar refractivity (Wildman–Crippen MR) is 107 cm³/mol. The monoisotopic (exact) mass is 336 g/mol. The summed E-state index contributed by atoms with van der Waals surface area (Å²) in [6, 6.07) is 14.8. The van der Waals surface area contributed by atoms with E-state index in [4.69, 9.17) is 16.2 Å². The summed E-state index contributed by atoms with van der Waals surface area (Å²) in [7, 11) is 0. The van der Waals surface area contributed by atoms with Crippen molar-refractivity contribution in [1.82, 2.24) is 0 Å². The van der Waals surface area contributed by atoms with E-state index in [2.05, 4.69) is 49.4 Å². The molecular formula is C22H28N2O. The molecule has 2 aromatic carbocycles. The highest BCUT2D eigenvalue weighted by molar-refractivity contribution is 5.82. The molecule has 0 saturated heterocycles. The molecule has 0 fully saturated rings. The van der Waals surface area contributed by atoms with Gasteiger partial charge in [0.05, 0.1) is 0 Å². The minimum atomic E-state index is 0.00772. The van der Waals surface area contributed by atoms with Gasteiger partial charge in [0.2, 0.25) is 0 Å². The van der Waals surface area contributed by atoms with Crippen LogP contribution >= 0.6 is 0 Å². The predicted octanol–water partition coefficient (Wildman–Crippen LogP) is 4.44. The fourth-order valence-corrected chi connectivity index (χ4v) is 2.60. The van der Waals surface area contributed by atoms with E-state index in [1.807, 2.05) is 31.2 Å². The molecule has 0 aliphatic heterocycles. The molecule has 0 saturated carbocycles. The summed E-state index contributed by atoms with van der Waals surface area (Å²) < 4.78 is 5.97. The Morgan fingerprint density at radius 3 is 2.60 bits per heavy atom. The molecule has 1 atom stereocenters.